The minimum Gasteiger partial charge on any atom is -0.478 e. The molecule has 1 aromatic heterocycles. The molecule has 0 unspecified atom stereocenters. The SMILES string of the molecule is Cc1ccc(NC(=O)CN2C(=O)S/C(=C\c3ccc(-c4ccccc4C(=O)O)o3)C2=O)cc1. The number of furan rings is 1. The van der Waals surface area contributed by atoms with E-state index in [-0.39, 0.29) is 16.2 Å². The second kappa shape index (κ2) is 9.17. The standard InChI is InChI=1S/C24H18N2O6S/c1-14-6-8-15(9-7-14)25-21(27)13-26-22(28)20(33-24(26)31)12-16-10-11-19(32-16)17-4-2-3-5-18(17)23(29)30/h2-12H,13H2,1H3,(H,25,27)(H,29,30)/b20-12-. The van der Waals surface area contributed by atoms with Crippen molar-refractivity contribution < 1.29 is 28.7 Å². The molecule has 2 N–H and O–H groups in total. The Kier molecular flexibility index (Phi) is 6.14. The molecule has 1 aliphatic rings. The van der Waals surface area contributed by atoms with Crippen molar-refractivity contribution in [2.24, 2.45) is 0 Å². The van der Waals surface area contributed by atoms with E-state index < -0.39 is 29.6 Å². The highest BCUT2D eigenvalue weighted by Crippen LogP contribution is 2.33. The number of carbonyl (C=O) groups is 4. The smallest absolute Gasteiger partial charge is 0.336 e. The first-order valence-corrected chi connectivity index (χ1v) is 10.7. The molecule has 9 heteroatoms. The van der Waals surface area contributed by atoms with Crippen LogP contribution in [0.4, 0.5) is 10.5 Å². The summed E-state index contributed by atoms with van der Waals surface area (Å²) in [6, 6.07) is 16.7. The van der Waals surface area contributed by atoms with E-state index in [4.69, 9.17) is 4.42 Å². The quantitative estimate of drug-likeness (QED) is 0.513. The molecule has 0 radical (unpaired) electrons. The Hall–Kier alpha value is -4.11. The monoisotopic (exact) mass is 462 g/mol. The van der Waals surface area contributed by atoms with E-state index in [1.165, 1.54) is 12.1 Å². The number of nitrogens with one attached hydrogen (secondary N) is 1. The Morgan fingerprint density at radius 3 is 2.52 bits per heavy atom. The number of imide groups is 1. The summed E-state index contributed by atoms with van der Waals surface area (Å²) in [6.07, 6.45) is 1.40. The molecule has 4 rings (SSSR count). The molecule has 2 aromatic carbocycles. The molecule has 0 aliphatic carbocycles. The normalized spacial score (nSPS) is 14.7. The number of hydrogen-bond acceptors (Lipinski definition) is 6. The highest BCUT2D eigenvalue weighted by molar-refractivity contribution is 8.18. The summed E-state index contributed by atoms with van der Waals surface area (Å²) in [5.74, 6) is -1.59. The number of rotatable bonds is 6. The lowest BCUT2D eigenvalue weighted by molar-refractivity contribution is -0.127. The zero-order chi connectivity index (χ0) is 23.5. The van der Waals surface area contributed by atoms with Gasteiger partial charge in [-0.15, -0.1) is 0 Å². The van der Waals surface area contributed by atoms with Gasteiger partial charge in [-0.1, -0.05) is 35.9 Å². The van der Waals surface area contributed by atoms with Crippen LogP contribution in [0.1, 0.15) is 21.7 Å². The summed E-state index contributed by atoms with van der Waals surface area (Å²) in [5.41, 5.74) is 2.08. The van der Waals surface area contributed by atoms with Crippen LogP contribution < -0.4 is 5.32 Å². The van der Waals surface area contributed by atoms with E-state index in [1.54, 1.807) is 42.5 Å². The molecular formula is C24H18N2O6S. The summed E-state index contributed by atoms with van der Waals surface area (Å²) < 4.78 is 5.70. The number of carboxylic acids is 1. The van der Waals surface area contributed by atoms with Gasteiger partial charge in [0.25, 0.3) is 11.1 Å². The van der Waals surface area contributed by atoms with Crippen molar-refractivity contribution in [3.8, 4) is 11.3 Å². The van der Waals surface area contributed by atoms with Crippen molar-refractivity contribution in [3.63, 3.8) is 0 Å². The van der Waals surface area contributed by atoms with Gasteiger partial charge in [-0.3, -0.25) is 19.3 Å². The zero-order valence-electron chi connectivity index (χ0n) is 17.4. The molecular weight excluding hydrogens is 444 g/mol. The molecule has 3 amide bonds. The van der Waals surface area contributed by atoms with Crippen LogP contribution in [0.15, 0.2) is 70.0 Å². The molecule has 2 heterocycles. The predicted molar refractivity (Wildman–Crippen MR) is 124 cm³/mol. The second-order valence-electron chi connectivity index (χ2n) is 7.23. The van der Waals surface area contributed by atoms with Crippen LogP contribution in [0.3, 0.4) is 0 Å². The van der Waals surface area contributed by atoms with Gasteiger partial charge in [-0.05, 0) is 49.0 Å². The molecule has 1 fully saturated rings. The number of hydrogen-bond donors (Lipinski definition) is 2. The first-order chi connectivity index (χ1) is 15.8. The Morgan fingerprint density at radius 2 is 1.79 bits per heavy atom. The summed E-state index contributed by atoms with van der Waals surface area (Å²) in [5, 5.41) is 11.5. The molecule has 8 nitrogen and oxygen atoms in total. The number of aromatic carboxylic acids is 1. The van der Waals surface area contributed by atoms with Crippen LogP contribution in [0, 0.1) is 6.92 Å². The largest absolute Gasteiger partial charge is 0.478 e. The van der Waals surface area contributed by atoms with Gasteiger partial charge in [0.05, 0.1) is 10.5 Å². The van der Waals surface area contributed by atoms with Crippen molar-refractivity contribution in [2.75, 3.05) is 11.9 Å². The fraction of sp³-hybridized carbons (Fsp3) is 0.0833. The van der Waals surface area contributed by atoms with Crippen LogP contribution in [-0.2, 0) is 9.59 Å². The Balaban J connectivity index is 1.48. The van der Waals surface area contributed by atoms with E-state index in [2.05, 4.69) is 5.32 Å². The van der Waals surface area contributed by atoms with Crippen molar-refractivity contribution in [2.45, 2.75) is 6.92 Å². The average Bonchev–Trinajstić information content (AvgIpc) is 3.35. The molecule has 0 atom stereocenters. The lowest BCUT2D eigenvalue weighted by atomic mass is 10.1. The highest BCUT2D eigenvalue weighted by Gasteiger charge is 2.36. The number of carboxylic acid groups (broad SMARTS) is 1. The minimum absolute atomic E-state index is 0.0818. The van der Waals surface area contributed by atoms with Gasteiger partial charge in [0.1, 0.15) is 18.1 Å². The van der Waals surface area contributed by atoms with Crippen LogP contribution in [-0.4, -0.2) is 39.6 Å². The van der Waals surface area contributed by atoms with Gasteiger partial charge in [0.2, 0.25) is 5.91 Å². The van der Waals surface area contributed by atoms with E-state index in [0.29, 0.717) is 28.8 Å². The third kappa shape index (κ3) is 4.88. The third-order valence-corrected chi connectivity index (χ3v) is 5.74. The number of anilines is 1. The topological polar surface area (TPSA) is 117 Å². The highest BCUT2D eigenvalue weighted by atomic mass is 32.2. The van der Waals surface area contributed by atoms with Crippen LogP contribution in [0.5, 0.6) is 0 Å². The van der Waals surface area contributed by atoms with Crippen LogP contribution in [0.25, 0.3) is 17.4 Å². The fourth-order valence-electron chi connectivity index (χ4n) is 3.21. The first-order valence-electron chi connectivity index (χ1n) is 9.86. The molecule has 166 valence electrons. The average molecular weight is 462 g/mol. The van der Waals surface area contributed by atoms with E-state index >= 15 is 0 Å². The third-order valence-electron chi connectivity index (χ3n) is 4.83. The minimum atomic E-state index is -1.09. The zero-order valence-corrected chi connectivity index (χ0v) is 18.2. The maximum atomic E-state index is 12.7. The summed E-state index contributed by atoms with van der Waals surface area (Å²) in [6.45, 7) is 1.51. The maximum absolute atomic E-state index is 12.7. The Morgan fingerprint density at radius 1 is 1.06 bits per heavy atom. The van der Waals surface area contributed by atoms with Gasteiger partial charge in [-0.2, -0.15) is 0 Å². The number of thioether (sulfide) groups is 1. The van der Waals surface area contributed by atoms with Gasteiger partial charge in [0, 0.05) is 17.3 Å². The molecule has 3 aromatic rings. The molecule has 1 saturated heterocycles. The summed E-state index contributed by atoms with van der Waals surface area (Å²) in [7, 11) is 0. The van der Waals surface area contributed by atoms with Crippen molar-refractivity contribution in [1.29, 1.82) is 0 Å². The molecule has 33 heavy (non-hydrogen) atoms. The van der Waals surface area contributed by atoms with Gasteiger partial charge < -0.3 is 14.8 Å². The Labute approximate surface area is 192 Å². The van der Waals surface area contributed by atoms with E-state index in [9.17, 15) is 24.3 Å². The van der Waals surface area contributed by atoms with Crippen molar-refractivity contribution in [1.82, 2.24) is 4.90 Å². The summed E-state index contributed by atoms with van der Waals surface area (Å²) >= 11 is 0.704. The van der Waals surface area contributed by atoms with Crippen molar-refractivity contribution >= 4 is 46.5 Å². The summed E-state index contributed by atoms with van der Waals surface area (Å²) in [4.78, 5) is 49.7. The molecule has 0 bridgehead atoms. The molecule has 1 aliphatic heterocycles. The lowest BCUT2D eigenvalue weighted by Gasteiger charge is -2.12. The van der Waals surface area contributed by atoms with Gasteiger partial charge in [-0.25, -0.2) is 4.79 Å². The number of nitrogens with zero attached hydrogens (tertiary/aromatic N) is 1. The van der Waals surface area contributed by atoms with E-state index in [0.717, 1.165) is 10.5 Å². The fourth-order valence-corrected chi connectivity index (χ4v) is 4.02. The number of carbonyl (C=O) groups excluding carboxylic acids is 3. The maximum Gasteiger partial charge on any atom is 0.336 e. The predicted octanol–water partition coefficient (Wildman–Crippen LogP) is 4.63. The van der Waals surface area contributed by atoms with Gasteiger partial charge in [0.15, 0.2) is 0 Å². The van der Waals surface area contributed by atoms with E-state index in [1.807, 2.05) is 19.1 Å². The van der Waals surface area contributed by atoms with Crippen LogP contribution >= 0.6 is 11.8 Å². The number of aryl methyl sites for hydroxylation is 1. The number of amides is 3. The van der Waals surface area contributed by atoms with Gasteiger partial charge >= 0.3 is 5.97 Å². The molecule has 0 spiro atoms. The number of benzene rings is 2. The lowest BCUT2D eigenvalue weighted by Crippen LogP contribution is -2.36. The Bertz CT molecular complexity index is 1290. The molecule has 0 saturated carbocycles. The second-order valence-corrected chi connectivity index (χ2v) is 8.23. The van der Waals surface area contributed by atoms with Crippen LogP contribution in [0.2, 0.25) is 0 Å². The first kappa shape index (κ1) is 22.1. The van der Waals surface area contributed by atoms with Crippen molar-refractivity contribution in [3.05, 3.63) is 82.5 Å².